The van der Waals surface area contributed by atoms with Crippen LogP contribution in [0.2, 0.25) is 0 Å². The van der Waals surface area contributed by atoms with Crippen molar-refractivity contribution < 1.29 is 20.1 Å². The Bertz CT molecular complexity index is 451. The second-order valence-corrected chi connectivity index (χ2v) is 3.26. The number of carbonyl (C=O) groups is 1. The number of phenolic OH excluding ortho intramolecular Hbond substituents is 2. The van der Waals surface area contributed by atoms with E-state index in [-0.39, 0.29) is 22.6 Å². The SMILES string of the molecule is CN/C(C)=C(/C(=O)O)c1cc(O)ccc1O. The maximum atomic E-state index is 11.1. The molecule has 0 amide bonds. The minimum absolute atomic E-state index is 0.0732. The van der Waals surface area contributed by atoms with Crippen LogP contribution in [-0.4, -0.2) is 28.3 Å². The van der Waals surface area contributed by atoms with Crippen molar-refractivity contribution in [2.75, 3.05) is 7.05 Å². The molecule has 1 aromatic rings. The van der Waals surface area contributed by atoms with Gasteiger partial charge in [0.1, 0.15) is 11.5 Å². The summed E-state index contributed by atoms with van der Waals surface area (Å²) in [7, 11) is 1.58. The summed E-state index contributed by atoms with van der Waals surface area (Å²) in [5.74, 6) is -1.46. The molecule has 0 radical (unpaired) electrons. The molecule has 0 aliphatic carbocycles. The summed E-state index contributed by atoms with van der Waals surface area (Å²) in [4.78, 5) is 11.1. The van der Waals surface area contributed by atoms with Gasteiger partial charge in [-0.3, -0.25) is 0 Å². The lowest BCUT2D eigenvalue weighted by molar-refractivity contribution is -0.130. The van der Waals surface area contributed by atoms with E-state index in [2.05, 4.69) is 5.32 Å². The third kappa shape index (κ3) is 2.25. The van der Waals surface area contributed by atoms with Crippen LogP contribution in [0.15, 0.2) is 23.9 Å². The molecule has 0 spiro atoms. The Morgan fingerprint density at radius 2 is 1.94 bits per heavy atom. The van der Waals surface area contributed by atoms with Crippen molar-refractivity contribution in [3.63, 3.8) is 0 Å². The van der Waals surface area contributed by atoms with Crippen molar-refractivity contribution in [1.29, 1.82) is 0 Å². The maximum Gasteiger partial charge on any atom is 0.338 e. The van der Waals surface area contributed by atoms with Crippen LogP contribution < -0.4 is 5.32 Å². The summed E-state index contributed by atoms with van der Waals surface area (Å²) in [6, 6.07) is 3.74. The van der Waals surface area contributed by atoms with Gasteiger partial charge in [0, 0.05) is 18.3 Å². The summed E-state index contributed by atoms with van der Waals surface area (Å²) in [5, 5.41) is 30.6. The Labute approximate surface area is 92.7 Å². The second-order valence-electron chi connectivity index (χ2n) is 3.26. The molecule has 0 saturated carbocycles. The number of hydrogen-bond acceptors (Lipinski definition) is 4. The molecule has 16 heavy (non-hydrogen) atoms. The van der Waals surface area contributed by atoms with E-state index in [0.29, 0.717) is 5.70 Å². The van der Waals surface area contributed by atoms with Crippen molar-refractivity contribution in [3.8, 4) is 11.5 Å². The molecule has 4 N–H and O–H groups in total. The van der Waals surface area contributed by atoms with Crippen LogP contribution in [0.3, 0.4) is 0 Å². The normalized spacial score (nSPS) is 11.9. The van der Waals surface area contributed by atoms with Crippen molar-refractivity contribution in [3.05, 3.63) is 29.5 Å². The fourth-order valence-corrected chi connectivity index (χ4v) is 1.33. The summed E-state index contributed by atoms with van der Waals surface area (Å²) in [5.41, 5.74) is 0.406. The fourth-order valence-electron chi connectivity index (χ4n) is 1.33. The van der Waals surface area contributed by atoms with E-state index >= 15 is 0 Å². The first kappa shape index (κ1) is 11.9. The summed E-state index contributed by atoms with van der Waals surface area (Å²) >= 11 is 0. The zero-order valence-electron chi connectivity index (χ0n) is 8.98. The minimum Gasteiger partial charge on any atom is -0.508 e. The number of allylic oxidation sites excluding steroid dienone is 1. The molecule has 1 rings (SSSR count). The zero-order chi connectivity index (χ0) is 12.3. The Kier molecular flexibility index (Phi) is 3.40. The average molecular weight is 223 g/mol. The van der Waals surface area contributed by atoms with Crippen molar-refractivity contribution in [2.45, 2.75) is 6.92 Å². The highest BCUT2D eigenvalue weighted by Gasteiger charge is 2.17. The number of carboxylic acids is 1. The van der Waals surface area contributed by atoms with Crippen LogP contribution in [0, 0.1) is 0 Å². The first-order chi connectivity index (χ1) is 7.47. The van der Waals surface area contributed by atoms with Crippen molar-refractivity contribution >= 4 is 11.5 Å². The molecule has 0 unspecified atom stereocenters. The Morgan fingerprint density at radius 1 is 1.31 bits per heavy atom. The number of hydrogen-bond donors (Lipinski definition) is 4. The first-order valence-electron chi connectivity index (χ1n) is 4.61. The van der Waals surface area contributed by atoms with Crippen LogP contribution in [0.4, 0.5) is 0 Å². The molecule has 0 saturated heterocycles. The van der Waals surface area contributed by atoms with Gasteiger partial charge in [0.15, 0.2) is 0 Å². The second kappa shape index (κ2) is 4.57. The number of aliphatic carboxylic acids is 1. The molecule has 86 valence electrons. The Hall–Kier alpha value is -2.17. The minimum atomic E-state index is -1.17. The largest absolute Gasteiger partial charge is 0.508 e. The number of phenols is 2. The summed E-state index contributed by atoms with van der Waals surface area (Å²) in [6.07, 6.45) is 0. The maximum absolute atomic E-state index is 11.1. The van der Waals surface area contributed by atoms with Gasteiger partial charge in [0.25, 0.3) is 0 Å². The smallest absolute Gasteiger partial charge is 0.338 e. The molecule has 0 fully saturated rings. The van der Waals surface area contributed by atoms with Crippen LogP contribution >= 0.6 is 0 Å². The van der Waals surface area contributed by atoms with Crippen LogP contribution in [-0.2, 0) is 4.79 Å². The molecule has 5 heteroatoms. The van der Waals surface area contributed by atoms with E-state index in [0.717, 1.165) is 0 Å². The predicted molar refractivity (Wildman–Crippen MR) is 59.1 cm³/mol. The number of benzene rings is 1. The van der Waals surface area contributed by atoms with Gasteiger partial charge in [-0.25, -0.2) is 4.79 Å². The van der Waals surface area contributed by atoms with Gasteiger partial charge in [0.05, 0.1) is 5.57 Å². The Morgan fingerprint density at radius 3 is 2.44 bits per heavy atom. The van der Waals surface area contributed by atoms with E-state index in [1.807, 2.05) is 0 Å². The number of rotatable bonds is 3. The molecule has 0 aromatic heterocycles. The first-order valence-corrected chi connectivity index (χ1v) is 4.61. The predicted octanol–water partition coefficient (Wildman–Crippen LogP) is 1.13. The van der Waals surface area contributed by atoms with E-state index in [4.69, 9.17) is 5.11 Å². The monoisotopic (exact) mass is 223 g/mol. The molecule has 0 aliphatic heterocycles. The van der Waals surface area contributed by atoms with Crippen LogP contribution in [0.5, 0.6) is 11.5 Å². The third-order valence-electron chi connectivity index (χ3n) is 2.21. The van der Waals surface area contributed by atoms with Crippen molar-refractivity contribution in [2.24, 2.45) is 0 Å². The number of nitrogens with one attached hydrogen (secondary N) is 1. The van der Waals surface area contributed by atoms with Crippen LogP contribution in [0.25, 0.3) is 5.57 Å². The lowest BCUT2D eigenvalue weighted by Gasteiger charge is -2.10. The average Bonchev–Trinajstić information content (AvgIpc) is 2.22. The lowest BCUT2D eigenvalue weighted by Crippen LogP contribution is -2.11. The van der Waals surface area contributed by atoms with Crippen LogP contribution in [0.1, 0.15) is 12.5 Å². The van der Waals surface area contributed by atoms with E-state index in [1.54, 1.807) is 14.0 Å². The van der Waals surface area contributed by atoms with E-state index in [1.165, 1.54) is 18.2 Å². The van der Waals surface area contributed by atoms with Crippen molar-refractivity contribution in [1.82, 2.24) is 5.32 Å². The molecule has 0 aliphatic rings. The molecule has 0 bridgehead atoms. The highest BCUT2D eigenvalue weighted by atomic mass is 16.4. The van der Waals surface area contributed by atoms with Gasteiger partial charge in [-0.05, 0) is 25.1 Å². The molecular weight excluding hydrogens is 210 g/mol. The van der Waals surface area contributed by atoms with Gasteiger partial charge >= 0.3 is 5.97 Å². The van der Waals surface area contributed by atoms with E-state index < -0.39 is 5.97 Å². The van der Waals surface area contributed by atoms with Gasteiger partial charge < -0.3 is 20.6 Å². The number of carboxylic acid groups (broad SMARTS) is 1. The van der Waals surface area contributed by atoms with Gasteiger partial charge in [0.2, 0.25) is 0 Å². The third-order valence-corrected chi connectivity index (χ3v) is 2.21. The fraction of sp³-hybridized carbons (Fsp3) is 0.182. The molecule has 0 heterocycles. The zero-order valence-corrected chi connectivity index (χ0v) is 8.98. The van der Waals surface area contributed by atoms with Gasteiger partial charge in [-0.15, -0.1) is 0 Å². The van der Waals surface area contributed by atoms with Gasteiger partial charge in [-0.2, -0.15) is 0 Å². The highest BCUT2D eigenvalue weighted by Crippen LogP contribution is 2.30. The molecule has 0 atom stereocenters. The molecule has 5 nitrogen and oxygen atoms in total. The molecule has 1 aromatic carbocycles. The number of aromatic hydroxyl groups is 2. The topological polar surface area (TPSA) is 89.8 Å². The van der Waals surface area contributed by atoms with E-state index in [9.17, 15) is 15.0 Å². The quantitative estimate of drug-likeness (QED) is 0.455. The standard InChI is InChI=1S/C11H13NO4/c1-6(12-2)10(11(15)16)8-5-7(13)3-4-9(8)14/h3-5,12-14H,1-2H3,(H,15,16)/b10-6+. The van der Waals surface area contributed by atoms with Gasteiger partial charge in [-0.1, -0.05) is 0 Å². The summed E-state index contributed by atoms with van der Waals surface area (Å²) < 4.78 is 0. The summed E-state index contributed by atoms with van der Waals surface area (Å²) in [6.45, 7) is 1.58. The Balaban J connectivity index is 3.44. The lowest BCUT2D eigenvalue weighted by atomic mass is 10.0. The highest BCUT2D eigenvalue weighted by molar-refractivity contribution is 6.17. The molecular formula is C11H13NO4.